The van der Waals surface area contributed by atoms with Gasteiger partial charge in [0.2, 0.25) is 0 Å². The van der Waals surface area contributed by atoms with Crippen molar-refractivity contribution in [3.8, 4) is 11.1 Å². The van der Waals surface area contributed by atoms with Gasteiger partial charge in [0.15, 0.2) is 5.65 Å². The normalized spacial score (nSPS) is 17.6. The van der Waals surface area contributed by atoms with Gasteiger partial charge >= 0.3 is 0 Å². The number of nitrogens with zero attached hydrogens (tertiary/aromatic N) is 5. The molecular formula is C22H23N5O. The van der Waals surface area contributed by atoms with Crippen LogP contribution in [0.4, 0.5) is 0 Å². The van der Waals surface area contributed by atoms with Crippen molar-refractivity contribution in [2.45, 2.75) is 39.3 Å². The number of rotatable bonds is 4. The van der Waals surface area contributed by atoms with Crippen LogP contribution in [0.5, 0.6) is 0 Å². The smallest absolute Gasteiger partial charge is 0.162 e. The van der Waals surface area contributed by atoms with Crippen molar-refractivity contribution in [1.82, 2.24) is 24.7 Å². The fourth-order valence-electron chi connectivity index (χ4n) is 4.36. The van der Waals surface area contributed by atoms with Gasteiger partial charge in [-0.1, -0.05) is 35.5 Å². The zero-order chi connectivity index (χ0) is 19.1. The molecule has 1 atom stereocenters. The van der Waals surface area contributed by atoms with Crippen LogP contribution in [0, 0.1) is 13.8 Å². The first-order valence-corrected chi connectivity index (χ1v) is 9.75. The second-order valence-electron chi connectivity index (χ2n) is 7.52. The first kappa shape index (κ1) is 17.1. The molecule has 0 amide bonds. The van der Waals surface area contributed by atoms with Gasteiger partial charge in [0.05, 0.1) is 11.9 Å². The lowest BCUT2D eigenvalue weighted by atomic mass is 10.0. The van der Waals surface area contributed by atoms with Crippen molar-refractivity contribution in [2.75, 3.05) is 6.54 Å². The molecule has 6 nitrogen and oxygen atoms in total. The summed E-state index contributed by atoms with van der Waals surface area (Å²) >= 11 is 0. The summed E-state index contributed by atoms with van der Waals surface area (Å²) in [6.45, 7) is 5.96. The zero-order valence-electron chi connectivity index (χ0n) is 16.2. The van der Waals surface area contributed by atoms with E-state index in [-0.39, 0.29) is 0 Å². The van der Waals surface area contributed by atoms with Gasteiger partial charge in [0, 0.05) is 41.7 Å². The standard InChI is InChI=1S/C22H23N5O/c1-15-21(16(2)28-25-15)20-9-6-10-26(20)13-17-11-23-22-19(12-24-27(22)14-17)18-7-4-3-5-8-18/h3-5,7-8,11-12,14,20H,6,9-10,13H2,1-2H3/t20-/m1/s1. The van der Waals surface area contributed by atoms with Gasteiger partial charge < -0.3 is 4.52 Å². The molecule has 5 rings (SSSR count). The predicted molar refractivity (Wildman–Crippen MR) is 107 cm³/mol. The molecule has 0 N–H and O–H groups in total. The van der Waals surface area contributed by atoms with Crippen LogP contribution in [-0.4, -0.2) is 31.2 Å². The molecule has 1 fully saturated rings. The summed E-state index contributed by atoms with van der Waals surface area (Å²) in [5.74, 6) is 0.933. The Morgan fingerprint density at radius 3 is 2.79 bits per heavy atom. The average molecular weight is 373 g/mol. The van der Waals surface area contributed by atoms with E-state index in [0.717, 1.165) is 53.3 Å². The lowest BCUT2D eigenvalue weighted by molar-refractivity contribution is 0.245. The lowest BCUT2D eigenvalue weighted by Gasteiger charge is -2.24. The van der Waals surface area contributed by atoms with Crippen LogP contribution < -0.4 is 0 Å². The number of fused-ring (bicyclic) bond motifs is 1. The molecule has 0 unspecified atom stereocenters. The maximum absolute atomic E-state index is 5.41. The van der Waals surface area contributed by atoms with Gasteiger partial charge in [-0.2, -0.15) is 5.10 Å². The van der Waals surface area contributed by atoms with E-state index in [1.807, 2.05) is 49.0 Å². The van der Waals surface area contributed by atoms with Crippen molar-refractivity contribution in [1.29, 1.82) is 0 Å². The summed E-state index contributed by atoms with van der Waals surface area (Å²) in [6.07, 6.45) is 8.29. The van der Waals surface area contributed by atoms with E-state index in [0.29, 0.717) is 6.04 Å². The molecule has 0 spiro atoms. The molecular weight excluding hydrogens is 350 g/mol. The number of hydrogen-bond acceptors (Lipinski definition) is 5. The zero-order valence-corrected chi connectivity index (χ0v) is 16.2. The monoisotopic (exact) mass is 373 g/mol. The number of aryl methyl sites for hydroxylation is 2. The van der Waals surface area contributed by atoms with Gasteiger partial charge in [-0.25, -0.2) is 9.50 Å². The molecule has 0 radical (unpaired) electrons. The Morgan fingerprint density at radius 1 is 1.14 bits per heavy atom. The fourth-order valence-corrected chi connectivity index (χ4v) is 4.36. The minimum Gasteiger partial charge on any atom is -0.361 e. The lowest BCUT2D eigenvalue weighted by Crippen LogP contribution is -2.23. The molecule has 1 aromatic carbocycles. The summed E-state index contributed by atoms with van der Waals surface area (Å²) in [6, 6.07) is 10.6. The minimum atomic E-state index is 0.361. The van der Waals surface area contributed by atoms with Crippen molar-refractivity contribution < 1.29 is 4.52 Å². The Morgan fingerprint density at radius 2 is 2.00 bits per heavy atom. The molecule has 0 bridgehead atoms. The van der Waals surface area contributed by atoms with Gasteiger partial charge in [0.25, 0.3) is 0 Å². The summed E-state index contributed by atoms with van der Waals surface area (Å²) < 4.78 is 7.29. The van der Waals surface area contributed by atoms with Crippen LogP contribution in [0.25, 0.3) is 16.8 Å². The van der Waals surface area contributed by atoms with E-state index < -0.39 is 0 Å². The van der Waals surface area contributed by atoms with Gasteiger partial charge in [-0.15, -0.1) is 0 Å². The molecule has 0 saturated carbocycles. The summed E-state index contributed by atoms with van der Waals surface area (Å²) in [4.78, 5) is 7.22. The molecule has 28 heavy (non-hydrogen) atoms. The number of aromatic nitrogens is 4. The van der Waals surface area contributed by atoms with Crippen LogP contribution in [0.2, 0.25) is 0 Å². The molecule has 142 valence electrons. The molecule has 6 heteroatoms. The molecule has 1 aliphatic rings. The Bertz CT molecular complexity index is 1100. The number of benzene rings is 1. The summed E-state index contributed by atoms with van der Waals surface area (Å²) in [5.41, 5.74) is 6.49. The van der Waals surface area contributed by atoms with E-state index in [4.69, 9.17) is 9.51 Å². The Kier molecular flexibility index (Phi) is 4.20. The first-order valence-electron chi connectivity index (χ1n) is 9.75. The summed E-state index contributed by atoms with van der Waals surface area (Å²) in [5, 5.41) is 8.68. The van der Waals surface area contributed by atoms with E-state index in [1.54, 1.807) is 0 Å². The Balaban J connectivity index is 1.43. The SMILES string of the molecule is Cc1noc(C)c1[C@H]1CCCN1Cc1cnc2c(-c3ccccc3)cnn2c1. The van der Waals surface area contributed by atoms with Crippen molar-refractivity contribution in [3.63, 3.8) is 0 Å². The van der Waals surface area contributed by atoms with Crippen molar-refractivity contribution >= 4 is 5.65 Å². The maximum Gasteiger partial charge on any atom is 0.162 e. The largest absolute Gasteiger partial charge is 0.361 e. The second-order valence-corrected chi connectivity index (χ2v) is 7.52. The highest BCUT2D eigenvalue weighted by molar-refractivity contribution is 5.76. The third kappa shape index (κ3) is 2.90. The quantitative estimate of drug-likeness (QED) is 0.533. The number of likely N-dealkylation sites (tertiary alicyclic amines) is 1. The highest BCUT2D eigenvalue weighted by Gasteiger charge is 2.30. The van der Waals surface area contributed by atoms with E-state index in [9.17, 15) is 0 Å². The first-order chi connectivity index (χ1) is 13.7. The third-order valence-corrected chi connectivity index (χ3v) is 5.67. The van der Waals surface area contributed by atoms with E-state index >= 15 is 0 Å². The second kappa shape index (κ2) is 6.87. The highest BCUT2D eigenvalue weighted by Crippen LogP contribution is 2.36. The average Bonchev–Trinajstić information content (AvgIpc) is 3.41. The maximum atomic E-state index is 5.41. The third-order valence-electron chi connectivity index (χ3n) is 5.67. The van der Waals surface area contributed by atoms with Gasteiger partial charge in [-0.05, 0) is 38.8 Å². The predicted octanol–water partition coefficient (Wildman–Crippen LogP) is 4.34. The summed E-state index contributed by atoms with van der Waals surface area (Å²) in [7, 11) is 0. The van der Waals surface area contributed by atoms with Crippen LogP contribution in [0.3, 0.4) is 0 Å². The molecule has 1 saturated heterocycles. The molecule has 3 aromatic heterocycles. The minimum absolute atomic E-state index is 0.361. The van der Waals surface area contributed by atoms with Crippen LogP contribution in [-0.2, 0) is 6.54 Å². The fraction of sp³-hybridized carbons (Fsp3) is 0.318. The van der Waals surface area contributed by atoms with Crippen LogP contribution in [0.1, 0.15) is 41.5 Å². The van der Waals surface area contributed by atoms with Crippen LogP contribution in [0.15, 0.2) is 53.4 Å². The van der Waals surface area contributed by atoms with E-state index in [1.165, 1.54) is 12.0 Å². The van der Waals surface area contributed by atoms with Gasteiger partial charge in [0.1, 0.15) is 5.76 Å². The topological polar surface area (TPSA) is 59.5 Å². The van der Waals surface area contributed by atoms with Crippen molar-refractivity contribution in [3.05, 3.63) is 71.5 Å². The van der Waals surface area contributed by atoms with E-state index in [2.05, 4.69) is 33.5 Å². The highest BCUT2D eigenvalue weighted by atomic mass is 16.5. The molecule has 1 aliphatic heterocycles. The Labute approximate surface area is 163 Å². The van der Waals surface area contributed by atoms with Crippen molar-refractivity contribution in [2.24, 2.45) is 0 Å². The Hall–Kier alpha value is -2.99. The van der Waals surface area contributed by atoms with Gasteiger partial charge in [-0.3, -0.25) is 4.90 Å². The molecule has 4 heterocycles. The molecule has 0 aliphatic carbocycles. The number of hydrogen-bond donors (Lipinski definition) is 0. The molecule has 4 aromatic rings. The van der Waals surface area contributed by atoms with Crippen LogP contribution >= 0.6 is 0 Å².